The first kappa shape index (κ1) is 24.2. The molecule has 1 atom stereocenters. The fourth-order valence-electron chi connectivity index (χ4n) is 3.74. The van der Waals surface area contributed by atoms with Crippen molar-refractivity contribution in [3.63, 3.8) is 0 Å². The van der Waals surface area contributed by atoms with Crippen molar-refractivity contribution in [2.45, 2.75) is 38.8 Å². The number of anilines is 1. The molecule has 0 saturated heterocycles. The van der Waals surface area contributed by atoms with Gasteiger partial charge in [-0.05, 0) is 61.7 Å². The standard InChI is InChI=1S/C24H23BrN2O6/c1-4-14-10-16(25)12-18-19(8-9-20(28)29)24(22(30)31,27-21(14)18)15-6-5-7-17(11-15)26-23(32)33-13(2)3/h5-13H,4H2,1-3H3,(H,26,32)(H,28,29)(H,30,31). The molecule has 172 valence electrons. The van der Waals surface area contributed by atoms with Crippen LogP contribution in [0, 0.1) is 0 Å². The maximum absolute atomic E-state index is 12.8. The van der Waals surface area contributed by atoms with Gasteiger partial charge < -0.3 is 14.9 Å². The van der Waals surface area contributed by atoms with Crippen molar-refractivity contribution in [2.24, 2.45) is 4.99 Å². The highest BCUT2D eigenvalue weighted by Crippen LogP contribution is 2.38. The van der Waals surface area contributed by atoms with E-state index in [9.17, 15) is 24.6 Å². The van der Waals surface area contributed by atoms with E-state index >= 15 is 0 Å². The number of halogens is 1. The molecular formula is C24H23BrN2O6. The summed E-state index contributed by atoms with van der Waals surface area (Å²) < 4.78 is 5.82. The van der Waals surface area contributed by atoms with Crippen LogP contribution in [0.25, 0.3) is 5.57 Å². The lowest BCUT2D eigenvalue weighted by Gasteiger charge is -2.25. The molecule has 0 bridgehead atoms. The summed E-state index contributed by atoms with van der Waals surface area (Å²) in [5.41, 5.74) is -0.289. The smallest absolute Gasteiger partial charge is 0.411 e. The fraction of sp³-hybridized carbons (Fsp3) is 0.250. The maximum atomic E-state index is 12.8. The summed E-state index contributed by atoms with van der Waals surface area (Å²) >= 11 is 3.45. The van der Waals surface area contributed by atoms with Gasteiger partial charge in [-0.1, -0.05) is 35.0 Å². The highest BCUT2D eigenvalue weighted by molar-refractivity contribution is 9.10. The van der Waals surface area contributed by atoms with Crippen LogP contribution in [0.5, 0.6) is 0 Å². The van der Waals surface area contributed by atoms with Gasteiger partial charge in [-0.25, -0.2) is 14.4 Å². The molecule has 2 aromatic rings. The quantitative estimate of drug-likeness (QED) is 0.486. The van der Waals surface area contributed by atoms with Crippen molar-refractivity contribution in [1.82, 2.24) is 0 Å². The first-order chi connectivity index (χ1) is 15.6. The molecule has 1 amide bonds. The molecule has 3 rings (SSSR count). The predicted molar refractivity (Wildman–Crippen MR) is 125 cm³/mol. The van der Waals surface area contributed by atoms with Crippen molar-refractivity contribution in [3.8, 4) is 0 Å². The number of nitrogens with one attached hydrogen (secondary N) is 1. The number of benzene rings is 2. The largest absolute Gasteiger partial charge is 0.479 e. The SMILES string of the molecule is CCc1cc(Br)cc2c1=NC(C(=O)O)(c1cccc(NC(=O)OC(C)C)c1)C=2C=CC(=O)O. The molecule has 0 radical (unpaired) electrons. The molecule has 0 spiro atoms. The van der Waals surface area contributed by atoms with Gasteiger partial charge in [0.05, 0.1) is 11.5 Å². The number of aliphatic carboxylic acids is 2. The number of amides is 1. The Morgan fingerprint density at radius 1 is 1.21 bits per heavy atom. The number of ether oxygens (including phenoxy) is 1. The Bertz CT molecular complexity index is 1280. The Hall–Kier alpha value is -3.46. The molecule has 1 aliphatic heterocycles. The van der Waals surface area contributed by atoms with Gasteiger partial charge >= 0.3 is 18.0 Å². The normalized spacial score (nSPS) is 17.1. The van der Waals surface area contributed by atoms with Crippen LogP contribution in [0.4, 0.5) is 10.5 Å². The van der Waals surface area contributed by atoms with Crippen molar-refractivity contribution >= 4 is 45.2 Å². The zero-order chi connectivity index (χ0) is 24.3. The molecule has 2 aromatic carbocycles. The van der Waals surface area contributed by atoms with E-state index in [1.165, 1.54) is 12.1 Å². The molecule has 1 unspecified atom stereocenters. The minimum absolute atomic E-state index is 0.213. The Balaban J connectivity index is 2.28. The average molecular weight is 515 g/mol. The van der Waals surface area contributed by atoms with E-state index in [-0.39, 0.29) is 17.2 Å². The summed E-state index contributed by atoms with van der Waals surface area (Å²) in [6.07, 6.45) is 1.76. The first-order valence-electron chi connectivity index (χ1n) is 10.2. The van der Waals surface area contributed by atoms with Gasteiger partial charge in [-0.2, -0.15) is 0 Å². The number of carboxylic acid groups (broad SMARTS) is 2. The number of nitrogens with zero attached hydrogens (tertiary/aromatic N) is 1. The van der Waals surface area contributed by atoms with Crippen LogP contribution in [0.1, 0.15) is 31.9 Å². The van der Waals surface area contributed by atoms with E-state index in [1.54, 1.807) is 38.1 Å². The van der Waals surface area contributed by atoms with Crippen LogP contribution < -0.4 is 15.9 Å². The van der Waals surface area contributed by atoms with E-state index in [0.717, 1.165) is 16.1 Å². The summed E-state index contributed by atoms with van der Waals surface area (Å²) in [6.45, 7) is 5.35. The van der Waals surface area contributed by atoms with E-state index in [0.29, 0.717) is 22.7 Å². The summed E-state index contributed by atoms with van der Waals surface area (Å²) in [4.78, 5) is 40.8. The third-order valence-corrected chi connectivity index (χ3v) is 5.52. The molecule has 9 heteroatoms. The van der Waals surface area contributed by atoms with Gasteiger partial charge in [-0.3, -0.25) is 10.3 Å². The second-order valence-electron chi connectivity index (χ2n) is 7.69. The van der Waals surface area contributed by atoms with Crippen molar-refractivity contribution in [1.29, 1.82) is 0 Å². The van der Waals surface area contributed by atoms with Crippen molar-refractivity contribution in [3.05, 3.63) is 74.7 Å². The number of carbonyl (C=O) groups excluding carboxylic acids is 1. The summed E-state index contributed by atoms with van der Waals surface area (Å²) in [5, 5.41) is 23.3. The molecular weight excluding hydrogens is 492 g/mol. The number of hydrogen-bond donors (Lipinski definition) is 3. The average Bonchev–Trinajstić information content (AvgIpc) is 3.06. The number of rotatable bonds is 7. The van der Waals surface area contributed by atoms with Crippen LogP contribution in [0.3, 0.4) is 0 Å². The molecule has 0 fully saturated rings. The van der Waals surface area contributed by atoms with Crippen LogP contribution in [-0.2, 0) is 26.3 Å². The van der Waals surface area contributed by atoms with E-state index in [1.807, 2.05) is 13.0 Å². The minimum atomic E-state index is -1.90. The number of carboxylic acids is 2. The molecule has 1 aliphatic rings. The molecule has 8 nitrogen and oxygen atoms in total. The van der Waals surface area contributed by atoms with Gasteiger partial charge in [0.1, 0.15) is 0 Å². The Kier molecular flexibility index (Phi) is 7.02. The fourth-order valence-corrected chi connectivity index (χ4v) is 4.25. The number of aryl methyl sites for hydroxylation is 1. The second-order valence-corrected chi connectivity index (χ2v) is 8.60. The Morgan fingerprint density at radius 2 is 1.94 bits per heavy atom. The lowest BCUT2D eigenvalue weighted by atomic mass is 9.82. The third-order valence-electron chi connectivity index (χ3n) is 5.07. The second kappa shape index (κ2) is 9.58. The monoisotopic (exact) mass is 514 g/mol. The summed E-state index contributed by atoms with van der Waals surface area (Å²) in [6, 6.07) is 9.87. The van der Waals surface area contributed by atoms with Gasteiger partial charge in [-0.15, -0.1) is 0 Å². The van der Waals surface area contributed by atoms with E-state index in [4.69, 9.17) is 4.74 Å². The molecule has 0 aliphatic carbocycles. The Morgan fingerprint density at radius 3 is 2.55 bits per heavy atom. The molecule has 0 saturated carbocycles. The van der Waals surface area contributed by atoms with E-state index in [2.05, 4.69) is 26.2 Å². The predicted octanol–water partition coefficient (Wildman–Crippen LogP) is 3.37. The lowest BCUT2D eigenvalue weighted by molar-refractivity contribution is -0.141. The zero-order valence-corrected chi connectivity index (χ0v) is 19.8. The topological polar surface area (TPSA) is 125 Å². The zero-order valence-electron chi connectivity index (χ0n) is 18.3. The van der Waals surface area contributed by atoms with Crippen LogP contribution in [-0.4, -0.2) is 34.3 Å². The highest BCUT2D eigenvalue weighted by Gasteiger charge is 2.46. The van der Waals surface area contributed by atoms with Crippen LogP contribution in [0.2, 0.25) is 0 Å². The molecule has 1 heterocycles. The number of fused-ring (bicyclic) bond motifs is 1. The summed E-state index contributed by atoms with van der Waals surface area (Å²) in [7, 11) is 0. The number of hydrogen-bond acceptors (Lipinski definition) is 5. The lowest BCUT2D eigenvalue weighted by Crippen LogP contribution is -2.34. The number of carbonyl (C=O) groups is 3. The minimum Gasteiger partial charge on any atom is -0.479 e. The molecule has 0 aromatic heterocycles. The van der Waals surface area contributed by atoms with Gasteiger partial charge in [0.2, 0.25) is 5.54 Å². The molecule has 33 heavy (non-hydrogen) atoms. The van der Waals surface area contributed by atoms with E-state index < -0.39 is 23.6 Å². The van der Waals surface area contributed by atoms with Crippen molar-refractivity contribution in [2.75, 3.05) is 5.32 Å². The summed E-state index contributed by atoms with van der Waals surface area (Å²) in [5.74, 6) is -2.49. The molecule has 3 N–H and O–H groups in total. The third kappa shape index (κ3) is 4.83. The van der Waals surface area contributed by atoms with Crippen molar-refractivity contribution < 1.29 is 29.3 Å². The first-order valence-corrected chi connectivity index (χ1v) is 11.0. The van der Waals surface area contributed by atoms with Gasteiger partial charge in [0.15, 0.2) is 0 Å². The van der Waals surface area contributed by atoms with Crippen LogP contribution in [0.15, 0.2) is 58.0 Å². The highest BCUT2D eigenvalue weighted by atomic mass is 79.9. The maximum Gasteiger partial charge on any atom is 0.411 e. The Labute approximate surface area is 198 Å². The van der Waals surface area contributed by atoms with Gasteiger partial charge in [0, 0.05) is 27.0 Å². The van der Waals surface area contributed by atoms with Crippen LogP contribution >= 0.6 is 15.9 Å². The van der Waals surface area contributed by atoms with Gasteiger partial charge in [0.25, 0.3) is 0 Å².